The van der Waals surface area contributed by atoms with Gasteiger partial charge in [0.1, 0.15) is 0 Å². The van der Waals surface area contributed by atoms with Crippen molar-refractivity contribution < 1.29 is 9.53 Å². The molecule has 0 aromatic heterocycles. The predicted molar refractivity (Wildman–Crippen MR) is 74.8 cm³/mol. The third-order valence-corrected chi connectivity index (χ3v) is 2.76. The van der Waals surface area contributed by atoms with E-state index in [0.717, 1.165) is 25.8 Å². The molecule has 1 rings (SSSR count). The summed E-state index contributed by atoms with van der Waals surface area (Å²) in [7, 11) is 0. The molecule has 0 fully saturated rings. The number of unbranched alkanes of at least 4 members (excludes halogenated alkanes) is 3. The van der Waals surface area contributed by atoms with E-state index in [1.807, 2.05) is 0 Å². The summed E-state index contributed by atoms with van der Waals surface area (Å²) < 4.78 is 4.87. The molecule has 100 valence electrons. The van der Waals surface area contributed by atoms with Crippen molar-refractivity contribution in [2.75, 3.05) is 18.5 Å². The molecule has 0 aliphatic carbocycles. The molecular formula is C15H23NO2. The molecule has 0 aliphatic heterocycles. The van der Waals surface area contributed by atoms with E-state index < -0.39 is 0 Å². The van der Waals surface area contributed by atoms with Crippen LogP contribution in [0.2, 0.25) is 0 Å². The van der Waals surface area contributed by atoms with Gasteiger partial charge < -0.3 is 10.1 Å². The van der Waals surface area contributed by atoms with E-state index in [9.17, 15) is 4.79 Å². The maximum atomic E-state index is 10.5. The van der Waals surface area contributed by atoms with Crippen LogP contribution in [-0.4, -0.2) is 19.1 Å². The van der Waals surface area contributed by atoms with Crippen LogP contribution in [0, 0.1) is 6.92 Å². The lowest BCUT2D eigenvalue weighted by Gasteiger charge is -2.06. The highest BCUT2D eigenvalue weighted by Crippen LogP contribution is 2.09. The molecule has 1 aromatic rings. The molecule has 3 heteroatoms. The Morgan fingerprint density at radius 3 is 2.44 bits per heavy atom. The van der Waals surface area contributed by atoms with Crippen molar-refractivity contribution in [1.82, 2.24) is 0 Å². The lowest BCUT2D eigenvalue weighted by atomic mass is 10.2. The summed E-state index contributed by atoms with van der Waals surface area (Å²) in [5.74, 6) is -0.184. The molecule has 0 saturated heterocycles. The Morgan fingerprint density at radius 2 is 1.78 bits per heavy atom. The number of rotatable bonds is 8. The number of benzene rings is 1. The highest BCUT2D eigenvalue weighted by atomic mass is 16.5. The number of anilines is 1. The van der Waals surface area contributed by atoms with Crippen LogP contribution in [0.5, 0.6) is 0 Å². The molecule has 0 aliphatic rings. The zero-order valence-electron chi connectivity index (χ0n) is 11.4. The van der Waals surface area contributed by atoms with E-state index in [-0.39, 0.29) is 5.97 Å². The first-order chi connectivity index (χ1) is 8.68. The Morgan fingerprint density at radius 1 is 1.11 bits per heavy atom. The van der Waals surface area contributed by atoms with Gasteiger partial charge in [-0.1, -0.05) is 24.1 Å². The van der Waals surface area contributed by atoms with E-state index in [1.165, 1.54) is 24.6 Å². The second-order valence-electron chi connectivity index (χ2n) is 4.55. The van der Waals surface area contributed by atoms with Gasteiger partial charge in [-0.05, 0) is 38.3 Å². The van der Waals surface area contributed by atoms with E-state index in [0.29, 0.717) is 6.61 Å². The first-order valence-electron chi connectivity index (χ1n) is 6.62. The fourth-order valence-electron chi connectivity index (χ4n) is 1.70. The number of aryl methyl sites for hydroxylation is 1. The first-order valence-corrected chi connectivity index (χ1v) is 6.62. The Bertz CT molecular complexity index is 346. The minimum atomic E-state index is -0.184. The molecule has 0 radical (unpaired) electrons. The third kappa shape index (κ3) is 6.94. The zero-order chi connectivity index (χ0) is 13.2. The number of carbonyl (C=O) groups is 1. The summed E-state index contributed by atoms with van der Waals surface area (Å²) in [6, 6.07) is 8.44. The SMILES string of the molecule is CC(=O)OCCCCCCNc1ccc(C)cc1. The van der Waals surface area contributed by atoms with Crippen LogP contribution in [-0.2, 0) is 9.53 Å². The third-order valence-electron chi connectivity index (χ3n) is 2.76. The van der Waals surface area contributed by atoms with Crippen LogP contribution in [0.1, 0.15) is 38.2 Å². The summed E-state index contributed by atoms with van der Waals surface area (Å²) in [6.45, 7) is 5.09. The van der Waals surface area contributed by atoms with E-state index in [2.05, 4.69) is 36.5 Å². The molecule has 0 atom stereocenters. The van der Waals surface area contributed by atoms with Gasteiger partial charge >= 0.3 is 5.97 Å². The van der Waals surface area contributed by atoms with Crippen molar-refractivity contribution in [3.8, 4) is 0 Å². The zero-order valence-corrected chi connectivity index (χ0v) is 11.4. The van der Waals surface area contributed by atoms with Gasteiger partial charge in [0.15, 0.2) is 0 Å². The average Bonchev–Trinajstić information content (AvgIpc) is 2.34. The van der Waals surface area contributed by atoms with E-state index in [1.54, 1.807) is 0 Å². The van der Waals surface area contributed by atoms with Gasteiger partial charge in [-0.3, -0.25) is 4.79 Å². The van der Waals surface area contributed by atoms with Crippen LogP contribution in [0.4, 0.5) is 5.69 Å². The number of nitrogens with one attached hydrogen (secondary N) is 1. The Hall–Kier alpha value is -1.51. The topological polar surface area (TPSA) is 38.3 Å². The standard InChI is InChI=1S/C15H23NO2/c1-13-7-9-15(10-8-13)16-11-5-3-4-6-12-18-14(2)17/h7-10,16H,3-6,11-12H2,1-2H3. The van der Waals surface area contributed by atoms with Crippen LogP contribution in [0.3, 0.4) is 0 Å². The molecule has 0 spiro atoms. The highest BCUT2D eigenvalue weighted by molar-refractivity contribution is 5.65. The number of hydrogen-bond donors (Lipinski definition) is 1. The largest absolute Gasteiger partial charge is 0.466 e. The van der Waals surface area contributed by atoms with Crippen molar-refractivity contribution >= 4 is 11.7 Å². The summed E-state index contributed by atoms with van der Waals surface area (Å²) in [5.41, 5.74) is 2.46. The number of hydrogen-bond acceptors (Lipinski definition) is 3. The van der Waals surface area contributed by atoms with Gasteiger partial charge in [0.05, 0.1) is 6.61 Å². The lowest BCUT2D eigenvalue weighted by Crippen LogP contribution is -2.02. The molecule has 0 bridgehead atoms. The van der Waals surface area contributed by atoms with Gasteiger partial charge in [0, 0.05) is 19.2 Å². The first kappa shape index (κ1) is 14.6. The van der Waals surface area contributed by atoms with Gasteiger partial charge in [0.25, 0.3) is 0 Å². The Balaban J connectivity index is 1.95. The number of carbonyl (C=O) groups excluding carboxylic acids is 1. The van der Waals surface area contributed by atoms with Crippen molar-refractivity contribution in [3.63, 3.8) is 0 Å². The van der Waals surface area contributed by atoms with Crippen LogP contribution < -0.4 is 5.32 Å². The summed E-state index contributed by atoms with van der Waals surface area (Å²) in [5, 5.41) is 3.40. The van der Waals surface area contributed by atoms with Gasteiger partial charge in [-0.2, -0.15) is 0 Å². The molecule has 3 nitrogen and oxygen atoms in total. The van der Waals surface area contributed by atoms with Gasteiger partial charge in [0.2, 0.25) is 0 Å². The summed E-state index contributed by atoms with van der Waals surface area (Å²) in [4.78, 5) is 10.5. The monoisotopic (exact) mass is 249 g/mol. The molecular weight excluding hydrogens is 226 g/mol. The maximum Gasteiger partial charge on any atom is 0.302 e. The normalized spacial score (nSPS) is 10.1. The molecule has 18 heavy (non-hydrogen) atoms. The quantitative estimate of drug-likeness (QED) is 0.566. The maximum absolute atomic E-state index is 10.5. The van der Waals surface area contributed by atoms with Gasteiger partial charge in [-0.15, -0.1) is 0 Å². The second-order valence-corrected chi connectivity index (χ2v) is 4.55. The lowest BCUT2D eigenvalue weighted by molar-refractivity contribution is -0.141. The minimum absolute atomic E-state index is 0.184. The Labute approximate surface area is 110 Å². The predicted octanol–water partition coefficient (Wildman–Crippen LogP) is 3.53. The van der Waals surface area contributed by atoms with Crippen molar-refractivity contribution in [1.29, 1.82) is 0 Å². The highest BCUT2D eigenvalue weighted by Gasteiger charge is 1.94. The van der Waals surface area contributed by atoms with Gasteiger partial charge in [-0.25, -0.2) is 0 Å². The van der Waals surface area contributed by atoms with Crippen LogP contribution in [0.15, 0.2) is 24.3 Å². The fraction of sp³-hybridized carbons (Fsp3) is 0.533. The van der Waals surface area contributed by atoms with Crippen molar-refractivity contribution in [2.45, 2.75) is 39.5 Å². The molecule has 0 heterocycles. The van der Waals surface area contributed by atoms with Crippen LogP contribution in [0.25, 0.3) is 0 Å². The Kier molecular flexibility index (Phi) is 6.92. The second kappa shape index (κ2) is 8.56. The summed E-state index contributed by atoms with van der Waals surface area (Å²) >= 11 is 0. The smallest absolute Gasteiger partial charge is 0.302 e. The number of esters is 1. The molecule has 0 amide bonds. The van der Waals surface area contributed by atoms with Crippen molar-refractivity contribution in [2.24, 2.45) is 0 Å². The van der Waals surface area contributed by atoms with E-state index >= 15 is 0 Å². The number of ether oxygens (including phenoxy) is 1. The average molecular weight is 249 g/mol. The fourth-order valence-corrected chi connectivity index (χ4v) is 1.70. The van der Waals surface area contributed by atoms with E-state index in [4.69, 9.17) is 4.74 Å². The molecule has 0 saturated carbocycles. The minimum Gasteiger partial charge on any atom is -0.466 e. The summed E-state index contributed by atoms with van der Waals surface area (Å²) in [6.07, 6.45) is 4.39. The molecule has 1 aromatic carbocycles. The molecule has 1 N–H and O–H groups in total. The van der Waals surface area contributed by atoms with Crippen LogP contribution >= 0.6 is 0 Å². The van der Waals surface area contributed by atoms with Crippen molar-refractivity contribution in [3.05, 3.63) is 29.8 Å². The molecule has 0 unspecified atom stereocenters.